The number of aromatic nitrogens is 3. The third-order valence-electron chi connectivity index (χ3n) is 4.73. The molecule has 0 bridgehead atoms. The first-order valence-electron chi connectivity index (χ1n) is 8.50. The molecule has 4 heterocycles. The number of fused-ring (bicyclic) bond motifs is 1. The second-order valence-corrected chi connectivity index (χ2v) is 7.72. The Hall–Kier alpha value is -1.70. The van der Waals surface area contributed by atoms with E-state index in [-0.39, 0.29) is 0 Å². The van der Waals surface area contributed by atoms with Crippen molar-refractivity contribution >= 4 is 39.1 Å². The van der Waals surface area contributed by atoms with Crippen molar-refractivity contribution in [3.05, 3.63) is 30.0 Å². The summed E-state index contributed by atoms with van der Waals surface area (Å²) in [4.78, 5) is 19.6. The summed E-state index contributed by atoms with van der Waals surface area (Å²) in [5.41, 5.74) is 2.32. The summed E-state index contributed by atoms with van der Waals surface area (Å²) in [6.45, 7) is 7.54. The van der Waals surface area contributed by atoms with Gasteiger partial charge in [-0.2, -0.15) is 0 Å². The number of hydrogen-bond donors (Lipinski definition) is 0. The Morgan fingerprint density at radius 2 is 1.96 bits per heavy atom. The SMILES string of the molecule is CCN1CCN(c2ncnc3scc(-c4ccc(SC)nc4)c23)CC1. The zero-order chi connectivity index (χ0) is 17.2. The van der Waals surface area contributed by atoms with Crippen LogP contribution in [0, 0.1) is 0 Å². The minimum atomic E-state index is 1.01. The van der Waals surface area contributed by atoms with Crippen LogP contribution in [0.15, 0.2) is 35.1 Å². The maximum atomic E-state index is 4.65. The van der Waals surface area contributed by atoms with E-state index in [2.05, 4.69) is 49.2 Å². The standard InChI is InChI=1S/C18H21N5S2/c1-3-22-6-8-23(9-7-22)17-16-14(11-25-18(16)21-12-20-17)13-4-5-15(24-2)19-10-13/h4-5,10-12H,3,6-9H2,1-2H3. The highest BCUT2D eigenvalue weighted by molar-refractivity contribution is 7.98. The molecule has 0 atom stereocenters. The van der Waals surface area contributed by atoms with E-state index in [1.54, 1.807) is 29.4 Å². The predicted octanol–water partition coefficient (Wildman–Crippen LogP) is 3.62. The van der Waals surface area contributed by atoms with Crippen molar-refractivity contribution in [2.75, 3.05) is 43.9 Å². The maximum absolute atomic E-state index is 4.65. The molecule has 1 saturated heterocycles. The van der Waals surface area contributed by atoms with Crippen LogP contribution >= 0.6 is 23.1 Å². The zero-order valence-electron chi connectivity index (χ0n) is 14.5. The highest BCUT2D eigenvalue weighted by Gasteiger charge is 2.21. The summed E-state index contributed by atoms with van der Waals surface area (Å²) in [5.74, 6) is 1.06. The first kappa shape index (κ1) is 16.8. The van der Waals surface area contributed by atoms with Crippen LogP contribution in [-0.2, 0) is 0 Å². The molecule has 0 saturated carbocycles. The average molecular weight is 372 g/mol. The molecule has 7 heteroatoms. The topological polar surface area (TPSA) is 45.2 Å². The molecular weight excluding hydrogens is 350 g/mol. The van der Waals surface area contributed by atoms with E-state index >= 15 is 0 Å². The smallest absolute Gasteiger partial charge is 0.141 e. The normalized spacial score (nSPS) is 15.8. The second-order valence-electron chi connectivity index (χ2n) is 6.04. The highest BCUT2D eigenvalue weighted by Crippen LogP contribution is 2.38. The molecule has 130 valence electrons. The van der Waals surface area contributed by atoms with Gasteiger partial charge in [-0.15, -0.1) is 23.1 Å². The quantitative estimate of drug-likeness (QED) is 0.653. The molecule has 0 radical (unpaired) electrons. The number of rotatable bonds is 4. The molecule has 4 rings (SSSR count). The Balaban J connectivity index is 1.74. The van der Waals surface area contributed by atoms with Gasteiger partial charge in [0, 0.05) is 48.9 Å². The zero-order valence-corrected chi connectivity index (χ0v) is 16.1. The lowest BCUT2D eigenvalue weighted by molar-refractivity contribution is 0.271. The van der Waals surface area contributed by atoms with Gasteiger partial charge < -0.3 is 9.80 Å². The van der Waals surface area contributed by atoms with Crippen LogP contribution in [0.2, 0.25) is 0 Å². The van der Waals surface area contributed by atoms with E-state index in [0.717, 1.165) is 59.3 Å². The lowest BCUT2D eigenvalue weighted by Crippen LogP contribution is -2.46. The Kier molecular flexibility index (Phi) is 4.87. The van der Waals surface area contributed by atoms with Crippen molar-refractivity contribution in [1.29, 1.82) is 0 Å². The number of hydrogen-bond acceptors (Lipinski definition) is 7. The number of pyridine rings is 1. The first-order chi connectivity index (χ1) is 12.3. The monoisotopic (exact) mass is 371 g/mol. The van der Waals surface area contributed by atoms with Gasteiger partial charge in [-0.3, -0.25) is 0 Å². The van der Waals surface area contributed by atoms with E-state index in [0.29, 0.717) is 0 Å². The number of thiophene rings is 1. The molecule has 0 N–H and O–H groups in total. The molecule has 1 aliphatic rings. The molecule has 1 fully saturated rings. The van der Waals surface area contributed by atoms with Crippen LogP contribution in [0.5, 0.6) is 0 Å². The van der Waals surface area contributed by atoms with E-state index in [4.69, 9.17) is 0 Å². The van der Waals surface area contributed by atoms with Crippen molar-refractivity contribution < 1.29 is 0 Å². The molecule has 0 spiro atoms. The molecule has 25 heavy (non-hydrogen) atoms. The fraction of sp³-hybridized carbons (Fsp3) is 0.389. The molecule has 0 unspecified atom stereocenters. The lowest BCUT2D eigenvalue weighted by Gasteiger charge is -2.35. The van der Waals surface area contributed by atoms with Crippen molar-refractivity contribution in [2.45, 2.75) is 11.9 Å². The van der Waals surface area contributed by atoms with Gasteiger partial charge in [-0.1, -0.05) is 13.0 Å². The molecule has 3 aromatic rings. The van der Waals surface area contributed by atoms with E-state index in [1.807, 2.05) is 12.5 Å². The maximum Gasteiger partial charge on any atom is 0.141 e. The molecule has 0 amide bonds. The van der Waals surface area contributed by atoms with Crippen molar-refractivity contribution in [2.24, 2.45) is 0 Å². The minimum absolute atomic E-state index is 1.01. The van der Waals surface area contributed by atoms with Gasteiger partial charge >= 0.3 is 0 Å². The third-order valence-corrected chi connectivity index (χ3v) is 6.27. The van der Waals surface area contributed by atoms with Gasteiger partial charge in [0.25, 0.3) is 0 Å². The van der Waals surface area contributed by atoms with Gasteiger partial charge in [0.05, 0.1) is 10.4 Å². The summed E-state index contributed by atoms with van der Waals surface area (Å²) in [6, 6.07) is 4.22. The van der Waals surface area contributed by atoms with Crippen LogP contribution < -0.4 is 4.90 Å². The lowest BCUT2D eigenvalue weighted by atomic mass is 10.1. The Morgan fingerprint density at radius 3 is 2.64 bits per heavy atom. The predicted molar refractivity (Wildman–Crippen MR) is 107 cm³/mol. The van der Waals surface area contributed by atoms with Crippen LogP contribution in [-0.4, -0.2) is 58.8 Å². The summed E-state index contributed by atoms with van der Waals surface area (Å²) >= 11 is 3.34. The van der Waals surface area contributed by atoms with Crippen molar-refractivity contribution in [3.63, 3.8) is 0 Å². The van der Waals surface area contributed by atoms with Gasteiger partial charge in [0.1, 0.15) is 17.0 Å². The summed E-state index contributed by atoms with van der Waals surface area (Å²) in [5, 5.41) is 4.38. The number of likely N-dealkylation sites (N-methyl/N-ethyl adjacent to an activating group) is 1. The first-order valence-corrected chi connectivity index (χ1v) is 10.6. The van der Waals surface area contributed by atoms with Crippen LogP contribution in [0.25, 0.3) is 21.3 Å². The Labute approximate surface area is 156 Å². The minimum Gasteiger partial charge on any atom is -0.353 e. The highest BCUT2D eigenvalue weighted by atomic mass is 32.2. The molecular formula is C18H21N5S2. The number of anilines is 1. The molecule has 5 nitrogen and oxygen atoms in total. The van der Waals surface area contributed by atoms with Gasteiger partial charge in [0.2, 0.25) is 0 Å². The average Bonchev–Trinajstić information content (AvgIpc) is 3.12. The number of nitrogens with zero attached hydrogens (tertiary/aromatic N) is 5. The van der Waals surface area contributed by atoms with Crippen LogP contribution in [0.3, 0.4) is 0 Å². The molecule has 0 aliphatic carbocycles. The van der Waals surface area contributed by atoms with Gasteiger partial charge in [0.15, 0.2) is 0 Å². The van der Waals surface area contributed by atoms with E-state index in [9.17, 15) is 0 Å². The van der Waals surface area contributed by atoms with E-state index in [1.165, 1.54) is 5.56 Å². The summed E-state index contributed by atoms with van der Waals surface area (Å²) in [7, 11) is 0. The number of piperazine rings is 1. The van der Waals surface area contributed by atoms with Gasteiger partial charge in [-0.05, 0) is 18.9 Å². The van der Waals surface area contributed by atoms with Crippen LogP contribution in [0.4, 0.5) is 5.82 Å². The molecule has 3 aromatic heterocycles. The summed E-state index contributed by atoms with van der Waals surface area (Å²) in [6.07, 6.45) is 5.70. The van der Waals surface area contributed by atoms with Gasteiger partial charge in [-0.25, -0.2) is 15.0 Å². The Bertz CT molecular complexity index is 854. The Morgan fingerprint density at radius 1 is 1.12 bits per heavy atom. The van der Waals surface area contributed by atoms with Crippen molar-refractivity contribution in [1.82, 2.24) is 19.9 Å². The third kappa shape index (κ3) is 3.23. The fourth-order valence-electron chi connectivity index (χ4n) is 3.25. The molecule has 1 aliphatic heterocycles. The number of thioether (sulfide) groups is 1. The molecule has 0 aromatic carbocycles. The second kappa shape index (κ2) is 7.27. The van der Waals surface area contributed by atoms with E-state index < -0.39 is 0 Å². The fourth-order valence-corrected chi connectivity index (χ4v) is 4.52. The summed E-state index contributed by atoms with van der Waals surface area (Å²) < 4.78 is 0. The largest absolute Gasteiger partial charge is 0.353 e. The van der Waals surface area contributed by atoms with Crippen molar-refractivity contribution in [3.8, 4) is 11.1 Å². The van der Waals surface area contributed by atoms with Crippen LogP contribution in [0.1, 0.15) is 6.92 Å².